The van der Waals surface area contributed by atoms with Gasteiger partial charge in [-0.3, -0.25) is 19.7 Å². The monoisotopic (exact) mass is 454 g/mol. The Balaban J connectivity index is 1.72. The topological polar surface area (TPSA) is 116 Å². The van der Waals surface area contributed by atoms with Gasteiger partial charge < -0.3 is 14.6 Å². The van der Waals surface area contributed by atoms with E-state index in [9.17, 15) is 37.3 Å². The molecular formula is C19H14F4N4O5. The molecule has 0 unspecified atom stereocenters. The van der Waals surface area contributed by atoms with Gasteiger partial charge in [-0.1, -0.05) is 12.1 Å². The number of nitro benzene ring substituents is 1. The molecule has 1 amide bonds. The molecule has 0 bridgehead atoms. The number of ether oxygens (including phenoxy) is 1. The molecule has 3 aromatic rings. The lowest BCUT2D eigenvalue weighted by atomic mass is 10.2. The molecule has 9 nitrogen and oxygen atoms in total. The molecule has 3 rings (SSSR count). The van der Waals surface area contributed by atoms with Crippen molar-refractivity contribution in [1.82, 2.24) is 9.55 Å². The number of nitrogens with zero attached hydrogens (tertiary/aromatic N) is 3. The molecule has 0 fully saturated rings. The van der Waals surface area contributed by atoms with Gasteiger partial charge >= 0.3 is 17.8 Å². The Morgan fingerprint density at radius 2 is 1.94 bits per heavy atom. The number of para-hydroxylation sites is 2. The van der Waals surface area contributed by atoms with Crippen LogP contribution in [0.1, 0.15) is 12.7 Å². The molecule has 0 saturated carbocycles. The molecule has 0 spiro atoms. The number of nitro groups is 1. The maximum absolute atomic E-state index is 13.4. The summed E-state index contributed by atoms with van der Waals surface area (Å²) in [5, 5.41) is 13.0. The summed E-state index contributed by atoms with van der Waals surface area (Å²) in [6.45, 7) is 0.289. The zero-order chi connectivity index (χ0) is 23.6. The SMILES string of the molecule is C[C@H](OC(=O)Cn1c(C(F)(F)F)nc2ccccc21)C(=O)Nc1ccc(F)c([N+](=O)[O-])c1. The van der Waals surface area contributed by atoms with E-state index in [1.165, 1.54) is 24.3 Å². The van der Waals surface area contributed by atoms with Crippen LogP contribution >= 0.6 is 0 Å². The fourth-order valence-electron chi connectivity index (χ4n) is 2.84. The predicted octanol–water partition coefficient (Wildman–Crippen LogP) is 3.67. The number of carbonyl (C=O) groups excluding carboxylic acids is 2. The highest BCUT2D eigenvalue weighted by Crippen LogP contribution is 2.31. The minimum atomic E-state index is -4.83. The summed E-state index contributed by atoms with van der Waals surface area (Å²) in [6.07, 6.45) is -6.30. The van der Waals surface area contributed by atoms with Gasteiger partial charge in [-0.2, -0.15) is 17.6 Å². The Labute approximate surface area is 176 Å². The van der Waals surface area contributed by atoms with Crippen LogP contribution in [0.2, 0.25) is 0 Å². The second kappa shape index (κ2) is 8.61. The maximum Gasteiger partial charge on any atom is 0.449 e. The van der Waals surface area contributed by atoms with Crippen molar-refractivity contribution in [3.05, 3.63) is 64.2 Å². The molecule has 1 atom stereocenters. The molecule has 1 aromatic heterocycles. The van der Waals surface area contributed by atoms with Crippen molar-refractivity contribution in [1.29, 1.82) is 0 Å². The molecule has 0 aliphatic heterocycles. The number of aromatic nitrogens is 2. The molecule has 0 radical (unpaired) electrons. The Bertz CT molecular complexity index is 1210. The van der Waals surface area contributed by atoms with E-state index in [-0.39, 0.29) is 16.7 Å². The molecule has 2 aromatic carbocycles. The number of hydrogen-bond acceptors (Lipinski definition) is 6. The normalized spacial score (nSPS) is 12.4. The summed E-state index contributed by atoms with van der Waals surface area (Å²) in [6, 6.07) is 8.27. The highest BCUT2D eigenvalue weighted by molar-refractivity contribution is 5.95. The van der Waals surface area contributed by atoms with E-state index < -0.39 is 53.0 Å². The van der Waals surface area contributed by atoms with Gasteiger partial charge in [-0.25, -0.2) is 4.98 Å². The number of fused-ring (bicyclic) bond motifs is 1. The van der Waals surface area contributed by atoms with E-state index >= 15 is 0 Å². The van der Waals surface area contributed by atoms with Gasteiger partial charge in [0, 0.05) is 11.8 Å². The van der Waals surface area contributed by atoms with Crippen LogP contribution in [0.4, 0.5) is 28.9 Å². The largest absolute Gasteiger partial charge is 0.451 e. The maximum atomic E-state index is 13.4. The fraction of sp³-hybridized carbons (Fsp3) is 0.211. The summed E-state index contributed by atoms with van der Waals surface area (Å²) < 4.78 is 58.9. The van der Waals surface area contributed by atoms with Gasteiger partial charge in [0.15, 0.2) is 6.10 Å². The molecule has 13 heteroatoms. The number of halogens is 4. The van der Waals surface area contributed by atoms with E-state index in [0.29, 0.717) is 4.57 Å². The zero-order valence-electron chi connectivity index (χ0n) is 16.2. The van der Waals surface area contributed by atoms with Crippen LogP contribution in [0.5, 0.6) is 0 Å². The Morgan fingerprint density at radius 1 is 1.25 bits per heavy atom. The third-order valence-electron chi connectivity index (χ3n) is 4.28. The van der Waals surface area contributed by atoms with Gasteiger partial charge in [0.1, 0.15) is 6.54 Å². The first kappa shape index (κ1) is 22.7. The smallest absolute Gasteiger partial charge is 0.449 e. The number of alkyl halides is 3. The minimum absolute atomic E-state index is 0.0244. The first-order chi connectivity index (χ1) is 15.0. The van der Waals surface area contributed by atoms with Crippen molar-refractivity contribution in [3.8, 4) is 0 Å². The summed E-state index contributed by atoms with van der Waals surface area (Å²) >= 11 is 0. The molecule has 0 aliphatic rings. The van der Waals surface area contributed by atoms with Crippen LogP contribution in [0.15, 0.2) is 42.5 Å². The van der Waals surface area contributed by atoms with E-state index in [4.69, 9.17) is 4.74 Å². The number of nitrogens with one attached hydrogen (secondary N) is 1. The number of benzene rings is 2. The molecule has 0 saturated heterocycles. The average molecular weight is 454 g/mol. The van der Waals surface area contributed by atoms with E-state index in [0.717, 1.165) is 25.1 Å². The van der Waals surface area contributed by atoms with Gasteiger partial charge in [-0.15, -0.1) is 0 Å². The highest BCUT2D eigenvalue weighted by atomic mass is 19.4. The van der Waals surface area contributed by atoms with Crippen molar-refractivity contribution in [3.63, 3.8) is 0 Å². The summed E-state index contributed by atoms with van der Waals surface area (Å²) in [5.74, 6) is -4.48. The lowest BCUT2D eigenvalue weighted by Gasteiger charge is -2.15. The van der Waals surface area contributed by atoms with Crippen LogP contribution in [-0.2, 0) is 27.0 Å². The molecule has 0 aliphatic carbocycles. The average Bonchev–Trinajstić information content (AvgIpc) is 3.08. The molecule has 168 valence electrons. The number of amides is 1. The Hall–Kier alpha value is -4.03. The summed E-state index contributed by atoms with van der Waals surface area (Å²) in [7, 11) is 0. The van der Waals surface area contributed by atoms with Crippen LogP contribution in [0, 0.1) is 15.9 Å². The van der Waals surface area contributed by atoms with Gasteiger partial charge in [-0.05, 0) is 31.2 Å². The fourth-order valence-corrected chi connectivity index (χ4v) is 2.84. The van der Waals surface area contributed by atoms with Gasteiger partial charge in [0.25, 0.3) is 5.91 Å². The number of imidazole rings is 1. The second-order valence-electron chi connectivity index (χ2n) is 6.55. The lowest BCUT2D eigenvalue weighted by molar-refractivity contribution is -0.387. The van der Waals surface area contributed by atoms with Crippen LogP contribution in [0.25, 0.3) is 11.0 Å². The quantitative estimate of drug-likeness (QED) is 0.263. The van der Waals surface area contributed by atoms with E-state index in [1.54, 1.807) is 0 Å². The zero-order valence-corrected chi connectivity index (χ0v) is 16.2. The van der Waals surface area contributed by atoms with Crippen molar-refractivity contribution in [2.24, 2.45) is 0 Å². The number of anilines is 1. The molecule has 32 heavy (non-hydrogen) atoms. The van der Waals surface area contributed by atoms with Gasteiger partial charge in [0.05, 0.1) is 16.0 Å². The summed E-state index contributed by atoms with van der Waals surface area (Å²) in [5.41, 5.74) is -0.936. The van der Waals surface area contributed by atoms with Crippen LogP contribution in [-0.4, -0.2) is 32.5 Å². The lowest BCUT2D eigenvalue weighted by Crippen LogP contribution is -2.31. The number of esters is 1. The van der Waals surface area contributed by atoms with E-state index in [2.05, 4.69) is 10.3 Å². The minimum Gasteiger partial charge on any atom is -0.451 e. The standard InChI is InChI=1S/C19H14F4N4O5/c1-10(17(29)24-11-6-7-12(20)15(8-11)27(30)31)32-16(28)9-26-14-5-3-2-4-13(14)25-18(26)19(21,22)23/h2-8,10H,9H2,1H3,(H,24,29)/t10-/m0/s1. The summed E-state index contributed by atoms with van der Waals surface area (Å²) in [4.78, 5) is 37.7. The first-order valence-electron chi connectivity index (χ1n) is 8.94. The van der Waals surface area contributed by atoms with Crippen molar-refractivity contribution >= 4 is 34.3 Å². The number of carbonyl (C=O) groups is 2. The third-order valence-corrected chi connectivity index (χ3v) is 4.28. The molecule has 1 N–H and O–H groups in total. The first-order valence-corrected chi connectivity index (χ1v) is 8.94. The third kappa shape index (κ3) is 4.82. The van der Waals surface area contributed by atoms with Crippen molar-refractivity contribution in [2.75, 3.05) is 5.32 Å². The number of rotatable bonds is 6. The van der Waals surface area contributed by atoms with E-state index in [1.807, 2.05) is 0 Å². The Kier molecular flexibility index (Phi) is 6.09. The highest BCUT2D eigenvalue weighted by Gasteiger charge is 2.38. The predicted molar refractivity (Wildman–Crippen MR) is 102 cm³/mol. The van der Waals surface area contributed by atoms with Gasteiger partial charge in [0.2, 0.25) is 11.6 Å². The second-order valence-corrected chi connectivity index (χ2v) is 6.55. The molecular weight excluding hydrogens is 440 g/mol. The van der Waals surface area contributed by atoms with Crippen LogP contribution in [0.3, 0.4) is 0 Å². The Morgan fingerprint density at radius 3 is 2.59 bits per heavy atom. The number of hydrogen-bond donors (Lipinski definition) is 1. The van der Waals surface area contributed by atoms with Crippen molar-refractivity contribution < 1.29 is 36.8 Å². The molecule has 1 heterocycles. The van der Waals surface area contributed by atoms with Crippen molar-refractivity contribution in [2.45, 2.75) is 25.7 Å². The van der Waals surface area contributed by atoms with Crippen LogP contribution < -0.4 is 5.32 Å².